The van der Waals surface area contributed by atoms with Crippen LogP contribution in [0.2, 0.25) is 0 Å². The van der Waals surface area contributed by atoms with E-state index in [2.05, 4.69) is 53.7 Å². The Hall–Kier alpha value is -1.08. The van der Waals surface area contributed by atoms with Crippen LogP contribution in [0.4, 0.5) is 0 Å². The SMILES string of the molecule is CC1=C2C(C)C(C)[NH+]2C(C)c2c1ccc(C)c2C. The molecule has 3 rings (SSSR count). The number of quaternary nitrogens is 1. The van der Waals surface area contributed by atoms with Crippen LogP contribution < -0.4 is 4.90 Å². The van der Waals surface area contributed by atoms with Crippen molar-refractivity contribution in [3.05, 3.63) is 40.1 Å². The van der Waals surface area contributed by atoms with Gasteiger partial charge in [0.05, 0.1) is 5.92 Å². The molecular weight excluding hydrogens is 218 g/mol. The van der Waals surface area contributed by atoms with Gasteiger partial charge >= 0.3 is 0 Å². The second kappa shape index (κ2) is 3.71. The number of hydrogen-bond acceptors (Lipinski definition) is 0. The molecule has 2 aliphatic rings. The first-order valence-corrected chi connectivity index (χ1v) is 7.13. The Balaban J connectivity index is 2.26. The van der Waals surface area contributed by atoms with Gasteiger partial charge in [-0.05, 0) is 58.2 Å². The molecule has 18 heavy (non-hydrogen) atoms. The average molecular weight is 242 g/mol. The topological polar surface area (TPSA) is 4.44 Å². The summed E-state index contributed by atoms with van der Waals surface area (Å²) in [5, 5.41) is 0. The van der Waals surface area contributed by atoms with Crippen molar-refractivity contribution >= 4 is 5.57 Å². The molecule has 0 aromatic heterocycles. The first kappa shape index (κ1) is 12.0. The Kier molecular flexibility index (Phi) is 2.47. The highest BCUT2D eigenvalue weighted by Crippen LogP contribution is 2.39. The van der Waals surface area contributed by atoms with Gasteiger partial charge in [-0.2, -0.15) is 0 Å². The molecule has 1 saturated heterocycles. The quantitative estimate of drug-likeness (QED) is 0.713. The highest BCUT2D eigenvalue weighted by molar-refractivity contribution is 5.72. The van der Waals surface area contributed by atoms with E-state index in [1.807, 2.05) is 0 Å². The van der Waals surface area contributed by atoms with Gasteiger partial charge in [-0.25, -0.2) is 0 Å². The standard InChI is InChI=1S/C17H23N/c1-9-7-8-15-12(4)17-11(3)13(5)18(17)14(6)16(15)10(9)2/h7-8,11,13-14H,1-6H3/p+1. The molecule has 0 saturated carbocycles. The fraction of sp³-hybridized carbons (Fsp3) is 0.529. The lowest BCUT2D eigenvalue weighted by Gasteiger charge is -2.50. The van der Waals surface area contributed by atoms with Gasteiger partial charge in [0, 0.05) is 11.1 Å². The van der Waals surface area contributed by atoms with Crippen molar-refractivity contribution in [2.75, 3.05) is 0 Å². The number of allylic oxidation sites excluding steroid dienone is 1. The zero-order valence-electron chi connectivity index (χ0n) is 12.4. The fourth-order valence-electron chi connectivity index (χ4n) is 4.14. The molecule has 96 valence electrons. The Morgan fingerprint density at radius 3 is 2.33 bits per heavy atom. The van der Waals surface area contributed by atoms with E-state index in [1.54, 1.807) is 16.2 Å². The number of fused-ring (bicyclic) bond motifs is 2. The monoisotopic (exact) mass is 242 g/mol. The molecular formula is C17H24N+. The first-order valence-electron chi connectivity index (χ1n) is 7.13. The molecule has 2 heterocycles. The minimum atomic E-state index is 0.616. The van der Waals surface area contributed by atoms with E-state index in [9.17, 15) is 0 Å². The van der Waals surface area contributed by atoms with Crippen LogP contribution in [0.3, 0.4) is 0 Å². The lowest BCUT2D eigenvalue weighted by atomic mass is 9.74. The van der Waals surface area contributed by atoms with E-state index in [-0.39, 0.29) is 0 Å². The van der Waals surface area contributed by atoms with Gasteiger partial charge in [0.1, 0.15) is 17.8 Å². The van der Waals surface area contributed by atoms with Crippen LogP contribution in [0, 0.1) is 19.8 Å². The van der Waals surface area contributed by atoms with Crippen LogP contribution in [-0.4, -0.2) is 6.04 Å². The van der Waals surface area contributed by atoms with Gasteiger partial charge < -0.3 is 0 Å². The summed E-state index contributed by atoms with van der Waals surface area (Å²) in [7, 11) is 0. The Morgan fingerprint density at radius 2 is 1.67 bits per heavy atom. The van der Waals surface area contributed by atoms with Gasteiger partial charge in [0.15, 0.2) is 0 Å². The maximum Gasteiger partial charge on any atom is 0.120 e. The third kappa shape index (κ3) is 1.26. The summed E-state index contributed by atoms with van der Waals surface area (Å²) in [5.74, 6) is 0.747. The number of benzene rings is 1. The number of rotatable bonds is 0. The third-order valence-corrected chi connectivity index (χ3v) is 5.50. The molecule has 1 aromatic rings. The second-order valence-electron chi connectivity index (χ2n) is 6.26. The molecule has 4 atom stereocenters. The minimum absolute atomic E-state index is 0.616. The van der Waals surface area contributed by atoms with Gasteiger partial charge in [0.25, 0.3) is 0 Å². The summed E-state index contributed by atoms with van der Waals surface area (Å²) in [6.07, 6.45) is 0. The zero-order chi connectivity index (χ0) is 13.2. The minimum Gasteiger partial charge on any atom is -0.297 e. The summed E-state index contributed by atoms with van der Waals surface area (Å²) >= 11 is 0. The maximum absolute atomic E-state index is 2.40. The van der Waals surface area contributed by atoms with Gasteiger partial charge in [-0.1, -0.05) is 12.1 Å². The molecule has 0 spiro atoms. The third-order valence-electron chi connectivity index (χ3n) is 5.50. The maximum atomic E-state index is 2.40. The van der Waals surface area contributed by atoms with Crippen molar-refractivity contribution in [1.29, 1.82) is 0 Å². The van der Waals surface area contributed by atoms with Crippen LogP contribution in [0.15, 0.2) is 17.8 Å². The molecule has 1 aromatic carbocycles. The van der Waals surface area contributed by atoms with Crippen molar-refractivity contribution < 1.29 is 4.90 Å². The summed E-state index contributed by atoms with van der Waals surface area (Å²) < 4.78 is 0. The van der Waals surface area contributed by atoms with Crippen molar-refractivity contribution in [3.8, 4) is 0 Å². The summed E-state index contributed by atoms with van der Waals surface area (Å²) in [6, 6.07) is 5.99. The average Bonchev–Trinajstić information content (AvgIpc) is 2.35. The highest BCUT2D eigenvalue weighted by atomic mass is 15.3. The zero-order valence-corrected chi connectivity index (χ0v) is 12.4. The molecule has 1 heteroatoms. The van der Waals surface area contributed by atoms with E-state index in [4.69, 9.17) is 0 Å². The smallest absolute Gasteiger partial charge is 0.120 e. The molecule has 1 N–H and O–H groups in total. The molecule has 0 aliphatic carbocycles. The van der Waals surface area contributed by atoms with Crippen LogP contribution >= 0.6 is 0 Å². The molecule has 2 aliphatic heterocycles. The normalized spacial score (nSPS) is 33.9. The largest absolute Gasteiger partial charge is 0.297 e. The van der Waals surface area contributed by atoms with Crippen molar-refractivity contribution in [3.63, 3.8) is 0 Å². The molecule has 0 amide bonds. The van der Waals surface area contributed by atoms with Crippen molar-refractivity contribution in [1.82, 2.24) is 0 Å². The molecule has 0 radical (unpaired) electrons. The van der Waals surface area contributed by atoms with Crippen LogP contribution in [-0.2, 0) is 0 Å². The van der Waals surface area contributed by atoms with E-state index in [0.29, 0.717) is 6.04 Å². The molecule has 1 fully saturated rings. The predicted molar refractivity (Wildman–Crippen MR) is 76.5 cm³/mol. The number of hydrogen-bond donors (Lipinski definition) is 1. The van der Waals surface area contributed by atoms with Crippen LogP contribution in [0.1, 0.15) is 56.0 Å². The Labute approximate surface area is 111 Å². The number of aryl methyl sites for hydroxylation is 1. The molecule has 4 unspecified atom stereocenters. The predicted octanol–water partition coefficient (Wildman–Crippen LogP) is 3.03. The molecule has 1 nitrogen and oxygen atoms in total. The van der Waals surface area contributed by atoms with E-state index in [0.717, 1.165) is 12.0 Å². The van der Waals surface area contributed by atoms with Gasteiger partial charge in [-0.3, -0.25) is 4.90 Å². The lowest BCUT2D eigenvalue weighted by molar-refractivity contribution is -0.961. The van der Waals surface area contributed by atoms with Crippen LogP contribution in [0.5, 0.6) is 0 Å². The van der Waals surface area contributed by atoms with E-state index >= 15 is 0 Å². The summed E-state index contributed by atoms with van der Waals surface area (Å²) in [4.78, 5) is 1.71. The van der Waals surface area contributed by atoms with Crippen LogP contribution in [0.25, 0.3) is 5.57 Å². The highest BCUT2D eigenvalue weighted by Gasteiger charge is 2.50. The van der Waals surface area contributed by atoms with E-state index < -0.39 is 0 Å². The summed E-state index contributed by atoms with van der Waals surface area (Å²) in [6.45, 7) is 14.0. The Bertz CT molecular complexity index is 553. The first-order chi connectivity index (χ1) is 8.45. The second-order valence-corrected chi connectivity index (χ2v) is 6.26. The lowest BCUT2D eigenvalue weighted by Crippen LogP contribution is -3.22. The van der Waals surface area contributed by atoms with Crippen molar-refractivity contribution in [2.24, 2.45) is 5.92 Å². The van der Waals surface area contributed by atoms with Gasteiger partial charge in [-0.15, -0.1) is 0 Å². The van der Waals surface area contributed by atoms with Gasteiger partial charge in [0.2, 0.25) is 0 Å². The fourth-order valence-corrected chi connectivity index (χ4v) is 4.14. The van der Waals surface area contributed by atoms with E-state index in [1.165, 1.54) is 22.3 Å². The Morgan fingerprint density at radius 1 is 1.00 bits per heavy atom. The summed E-state index contributed by atoms with van der Waals surface area (Å²) in [5.41, 5.74) is 9.21. The molecule has 0 bridgehead atoms. The number of nitrogens with one attached hydrogen (secondary N) is 1. The van der Waals surface area contributed by atoms with Crippen molar-refractivity contribution in [2.45, 2.75) is 53.6 Å².